The maximum atomic E-state index is 8.83. The highest BCUT2D eigenvalue weighted by atomic mass is 127. The normalized spacial score (nSPS) is 11.2. The van der Waals surface area contributed by atoms with E-state index in [1.54, 1.807) is 13.2 Å². The molecule has 2 aromatic rings. The van der Waals surface area contributed by atoms with Crippen molar-refractivity contribution in [1.82, 2.24) is 0 Å². The summed E-state index contributed by atoms with van der Waals surface area (Å²) in [6, 6.07) is 13.7. The number of hydrogen-bond acceptors (Lipinski definition) is 4. The van der Waals surface area contributed by atoms with Crippen LogP contribution in [0.25, 0.3) is 0 Å². The molecule has 110 valence electrons. The molecule has 0 saturated heterocycles. The number of nitrogens with zero attached hydrogens (tertiary/aromatic N) is 1. The third kappa shape index (κ3) is 4.01. The monoisotopic (exact) mass is 397 g/mol. The van der Waals surface area contributed by atoms with Gasteiger partial charge in [-0.05, 0) is 58.5 Å². The van der Waals surface area contributed by atoms with Crippen molar-refractivity contribution in [3.05, 3.63) is 57.2 Å². The minimum absolute atomic E-state index is 0.0305. The van der Waals surface area contributed by atoms with Gasteiger partial charge in [0.25, 0.3) is 0 Å². The molecule has 0 aliphatic rings. The lowest BCUT2D eigenvalue weighted by Crippen LogP contribution is -2.15. The third-order valence-corrected chi connectivity index (χ3v) is 3.64. The fraction of sp³-hybridized carbons (Fsp3) is 0.133. The van der Waals surface area contributed by atoms with Gasteiger partial charge in [-0.15, -0.1) is 0 Å². The van der Waals surface area contributed by atoms with Crippen molar-refractivity contribution in [2.24, 2.45) is 10.9 Å². The highest BCUT2D eigenvalue weighted by Gasteiger charge is 2.09. The molecule has 0 aromatic heterocycles. The van der Waals surface area contributed by atoms with E-state index < -0.39 is 0 Å². The Kier molecular flexibility index (Phi) is 5.26. The Morgan fingerprint density at radius 3 is 2.81 bits per heavy atom. The first-order valence-corrected chi connectivity index (χ1v) is 7.36. The van der Waals surface area contributed by atoms with Gasteiger partial charge in [0.05, 0.1) is 12.7 Å². The van der Waals surface area contributed by atoms with Crippen LogP contribution in [0.1, 0.15) is 11.1 Å². The molecule has 0 amide bonds. The average molecular weight is 397 g/mol. The maximum absolute atomic E-state index is 8.83. The van der Waals surface area contributed by atoms with E-state index in [0.29, 0.717) is 17.9 Å². The number of benzene rings is 2. The van der Waals surface area contributed by atoms with E-state index in [-0.39, 0.29) is 5.84 Å². The summed E-state index contributed by atoms with van der Waals surface area (Å²) in [6.45, 7) is 0.635. The molecule has 21 heavy (non-hydrogen) atoms. The summed E-state index contributed by atoms with van der Waals surface area (Å²) in [5.74, 6) is 0.603. The fourth-order valence-corrected chi connectivity index (χ4v) is 2.46. The van der Waals surface area contributed by atoms with Crippen molar-refractivity contribution in [3.63, 3.8) is 0 Å². The average Bonchev–Trinajstić information content (AvgIpc) is 2.52. The van der Waals surface area contributed by atoms with Crippen LogP contribution in [0, 0.1) is 3.57 Å². The van der Waals surface area contributed by atoms with E-state index in [2.05, 4.69) is 39.1 Å². The number of anilines is 1. The Balaban J connectivity index is 2.17. The third-order valence-electron chi connectivity index (χ3n) is 2.97. The summed E-state index contributed by atoms with van der Waals surface area (Å²) in [6.07, 6.45) is 0. The Bertz CT molecular complexity index is 659. The second-order valence-electron chi connectivity index (χ2n) is 4.38. The van der Waals surface area contributed by atoms with Crippen molar-refractivity contribution >= 4 is 34.1 Å². The van der Waals surface area contributed by atoms with Gasteiger partial charge in [0, 0.05) is 15.8 Å². The summed E-state index contributed by atoms with van der Waals surface area (Å²) in [5, 5.41) is 15.2. The molecule has 0 unspecified atom stereocenters. The zero-order valence-corrected chi connectivity index (χ0v) is 13.7. The van der Waals surface area contributed by atoms with Crippen LogP contribution in [0.3, 0.4) is 0 Å². The molecule has 0 heterocycles. The molecule has 2 aromatic carbocycles. The number of ether oxygens (including phenoxy) is 1. The molecule has 0 saturated carbocycles. The maximum Gasteiger partial charge on any atom is 0.173 e. The van der Waals surface area contributed by atoms with E-state index in [1.165, 1.54) is 3.57 Å². The summed E-state index contributed by atoms with van der Waals surface area (Å²) in [7, 11) is 1.55. The van der Waals surface area contributed by atoms with Crippen molar-refractivity contribution in [2.75, 3.05) is 12.4 Å². The van der Waals surface area contributed by atoms with Gasteiger partial charge in [0.2, 0.25) is 0 Å². The zero-order valence-electron chi connectivity index (χ0n) is 11.5. The van der Waals surface area contributed by atoms with Crippen molar-refractivity contribution in [3.8, 4) is 5.75 Å². The van der Waals surface area contributed by atoms with Gasteiger partial charge in [-0.2, -0.15) is 0 Å². The molecule has 0 radical (unpaired) electrons. The molecule has 5 nitrogen and oxygen atoms in total. The molecule has 2 rings (SSSR count). The number of halogens is 1. The molecule has 0 aliphatic heterocycles. The number of oxime groups is 1. The SMILES string of the molecule is COc1ccc(CNc2cccc(I)c2)cc1C(N)=NO. The number of methoxy groups -OCH3 is 1. The quantitative estimate of drug-likeness (QED) is 0.238. The summed E-state index contributed by atoms with van der Waals surface area (Å²) >= 11 is 2.27. The van der Waals surface area contributed by atoms with Gasteiger partial charge in [-0.1, -0.05) is 17.3 Å². The highest BCUT2D eigenvalue weighted by Crippen LogP contribution is 2.21. The van der Waals surface area contributed by atoms with Crippen molar-refractivity contribution in [2.45, 2.75) is 6.54 Å². The minimum atomic E-state index is 0.0305. The van der Waals surface area contributed by atoms with Gasteiger partial charge < -0.3 is 21.0 Å². The van der Waals surface area contributed by atoms with Gasteiger partial charge in [-0.3, -0.25) is 0 Å². The van der Waals surface area contributed by atoms with Crippen LogP contribution in [0.15, 0.2) is 47.6 Å². The molecule has 0 fully saturated rings. The molecule has 0 atom stereocenters. The van der Waals surface area contributed by atoms with E-state index in [9.17, 15) is 0 Å². The summed E-state index contributed by atoms with van der Waals surface area (Å²) in [4.78, 5) is 0. The largest absolute Gasteiger partial charge is 0.496 e. The Morgan fingerprint density at radius 1 is 1.33 bits per heavy atom. The summed E-state index contributed by atoms with van der Waals surface area (Å²) < 4.78 is 6.38. The predicted molar refractivity (Wildman–Crippen MR) is 92.0 cm³/mol. The van der Waals surface area contributed by atoms with E-state index in [1.807, 2.05) is 30.3 Å². The number of nitrogens with one attached hydrogen (secondary N) is 1. The van der Waals surface area contributed by atoms with Crippen LogP contribution < -0.4 is 15.8 Å². The second-order valence-corrected chi connectivity index (χ2v) is 5.63. The molecular weight excluding hydrogens is 381 g/mol. The van der Waals surface area contributed by atoms with Crippen LogP contribution >= 0.6 is 22.6 Å². The predicted octanol–water partition coefficient (Wildman–Crippen LogP) is 3.01. The number of hydrogen-bond donors (Lipinski definition) is 3. The molecular formula is C15H16IN3O2. The van der Waals surface area contributed by atoms with Crippen LogP contribution in [-0.2, 0) is 6.54 Å². The van der Waals surface area contributed by atoms with Crippen LogP contribution in [0.4, 0.5) is 5.69 Å². The standard InChI is InChI=1S/C15H16IN3O2/c1-21-14-6-5-10(7-13(14)15(17)19-20)9-18-12-4-2-3-11(16)8-12/h2-8,18,20H,9H2,1H3,(H2,17,19). The van der Waals surface area contributed by atoms with Gasteiger partial charge >= 0.3 is 0 Å². The zero-order chi connectivity index (χ0) is 15.2. The summed E-state index contributed by atoms with van der Waals surface area (Å²) in [5.41, 5.74) is 8.29. The Morgan fingerprint density at radius 2 is 2.14 bits per heavy atom. The van der Waals surface area contributed by atoms with Gasteiger partial charge in [0.15, 0.2) is 5.84 Å². The molecule has 0 bridgehead atoms. The molecule has 0 aliphatic carbocycles. The minimum Gasteiger partial charge on any atom is -0.496 e. The lowest BCUT2D eigenvalue weighted by Gasteiger charge is -2.11. The van der Waals surface area contributed by atoms with Gasteiger partial charge in [0.1, 0.15) is 5.75 Å². The van der Waals surface area contributed by atoms with Crippen LogP contribution in [-0.4, -0.2) is 18.2 Å². The van der Waals surface area contributed by atoms with Gasteiger partial charge in [-0.25, -0.2) is 0 Å². The Hall–Kier alpha value is -1.96. The molecule has 6 heteroatoms. The number of amidine groups is 1. The second kappa shape index (κ2) is 7.16. The first kappa shape index (κ1) is 15.4. The van der Waals surface area contributed by atoms with Crippen molar-refractivity contribution < 1.29 is 9.94 Å². The number of rotatable bonds is 5. The Labute approximate surface area is 136 Å². The lowest BCUT2D eigenvalue weighted by atomic mass is 10.1. The van der Waals surface area contributed by atoms with Crippen LogP contribution in [0.2, 0.25) is 0 Å². The first-order valence-electron chi connectivity index (χ1n) is 6.28. The highest BCUT2D eigenvalue weighted by molar-refractivity contribution is 14.1. The smallest absolute Gasteiger partial charge is 0.173 e. The number of nitrogens with two attached hydrogens (primary N) is 1. The van der Waals surface area contributed by atoms with Crippen LogP contribution in [0.5, 0.6) is 5.75 Å². The first-order chi connectivity index (χ1) is 10.1. The van der Waals surface area contributed by atoms with E-state index >= 15 is 0 Å². The molecule has 0 spiro atoms. The fourth-order valence-electron chi connectivity index (χ4n) is 1.92. The van der Waals surface area contributed by atoms with Crippen molar-refractivity contribution in [1.29, 1.82) is 0 Å². The molecule has 4 N–H and O–H groups in total. The van der Waals surface area contributed by atoms with E-state index in [4.69, 9.17) is 15.7 Å². The van der Waals surface area contributed by atoms with E-state index in [0.717, 1.165) is 11.3 Å². The topological polar surface area (TPSA) is 79.9 Å². The lowest BCUT2D eigenvalue weighted by molar-refractivity contribution is 0.318.